The molecule has 0 heterocycles. The predicted molar refractivity (Wildman–Crippen MR) is 35.8 cm³/mol. The summed E-state index contributed by atoms with van der Waals surface area (Å²) in [5.74, 6) is 1.08. The van der Waals surface area contributed by atoms with Gasteiger partial charge in [-0.05, 0) is 31.6 Å². The fourth-order valence-electron chi connectivity index (χ4n) is 1.68. The van der Waals surface area contributed by atoms with Crippen molar-refractivity contribution in [2.75, 3.05) is 0 Å². The first-order valence-electron chi connectivity index (χ1n) is 3.13. The van der Waals surface area contributed by atoms with Gasteiger partial charge in [0.1, 0.15) is 0 Å². The highest BCUT2D eigenvalue weighted by Gasteiger charge is 2.22. The second-order valence-electron chi connectivity index (χ2n) is 2.71. The van der Waals surface area contributed by atoms with E-state index in [0.29, 0.717) is 0 Å². The third-order valence-electron chi connectivity index (χ3n) is 2.16. The fourth-order valence-corrected chi connectivity index (χ4v) is 1.68. The zero-order valence-electron chi connectivity index (χ0n) is 5.06. The Labute approximate surface area is 61.1 Å². The van der Waals surface area contributed by atoms with Gasteiger partial charge < -0.3 is 0 Å². The summed E-state index contributed by atoms with van der Waals surface area (Å²) in [7, 11) is 0. The van der Waals surface area contributed by atoms with Gasteiger partial charge in [0.05, 0.1) is 0 Å². The van der Waals surface area contributed by atoms with Crippen LogP contribution in [0.4, 0.5) is 0 Å². The topological polar surface area (TPSA) is 0 Å². The van der Waals surface area contributed by atoms with Gasteiger partial charge in [0.25, 0.3) is 0 Å². The largest absolute Gasteiger partial charge is 0.0850 e. The molecule has 1 atom stereocenters. The highest BCUT2D eigenvalue weighted by molar-refractivity contribution is 5.75. The summed E-state index contributed by atoms with van der Waals surface area (Å²) in [5, 5.41) is 0. The molecule has 1 saturated carbocycles. The SMILES string of the molecule is C1=C2CCC(C1)C2.[Al]. The molecule has 0 N–H and O–H groups in total. The van der Waals surface area contributed by atoms with Crippen molar-refractivity contribution in [3.63, 3.8) is 0 Å². The molecule has 8 heavy (non-hydrogen) atoms. The van der Waals surface area contributed by atoms with Crippen LogP contribution in [-0.4, -0.2) is 17.4 Å². The van der Waals surface area contributed by atoms with E-state index >= 15 is 0 Å². The Morgan fingerprint density at radius 2 is 2.38 bits per heavy atom. The van der Waals surface area contributed by atoms with Gasteiger partial charge in [-0.3, -0.25) is 0 Å². The van der Waals surface area contributed by atoms with Gasteiger partial charge in [0, 0.05) is 17.4 Å². The monoisotopic (exact) mass is 121 g/mol. The Hall–Kier alpha value is 0.272. The lowest BCUT2D eigenvalue weighted by atomic mass is 10.1. The second-order valence-corrected chi connectivity index (χ2v) is 2.71. The molecule has 0 aliphatic heterocycles. The highest BCUT2D eigenvalue weighted by Crippen LogP contribution is 2.38. The molecule has 2 aliphatic carbocycles. The standard InChI is InChI=1S/C7H10.Al/c1-2-7-4-3-6(1)5-7;/h1,7H,2-5H2;. The van der Waals surface area contributed by atoms with Crippen molar-refractivity contribution in [2.24, 2.45) is 5.92 Å². The lowest BCUT2D eigenvalue weighted by molar-refractivity contribution is 0.576. The first kappa shape index (κ1) is 6.39. The maximum atomic E-state index is 2.42. The molecule has 0 aromatic carbocycles. The minimum Gasteiger partial charge on any atom is -0.0850 e. The van der Waals surface area contributed by atoms with E-state index in [1.54, 1.807) is 5.57 Å². The van der Waals surface area contributed by atoms with Crippen LogP contribution in [0.25, 0.3) is 0 Å². The Bertz CT molecular complexity index is 116. The molecule has 1 heteroatoms. The molecule has 0 saturated heterocycles. The van der Waals surface area contributed by atoms with Gasteiger partial charge in [-0.1, -0.05) is 11.6 Å². The van der Waals surface area contributed by atoms with Gasteiger partial charge in [-0.25, -0.2) is 0 Å². The molecule has 3 radical (unpaired) electrons. The van der Waals surface area contributed by atoms with Crippen LogP contribution in [0.3, 0.4) is 0 Å². The van der Waals surface area contributed by atoms with E-state index in [-0.39, 0.29) is 17.4 Å². The van der Waals surface area contributed by atoms with Crippen LogP contribution in [0, 0.1) is 5.92 Å². The molecule has 0 aromatic rings. The molecule has 0 amide bonds. The number of fused-ring (bicyclic) bond motifs is 2. The maximum absolute atomic E-state index is 2.42. The third kappa shape index (κ3) is 0.856. The van der Waals surface area contributed by atoms with Crippen molar-refractivity contribution in [2.45, 2.75) is 25.7 Å². The number of hydrogen-bond donors (Lipinski definition) is 0. The summed E-state index contributed by atoms with van der Waals surface area (Å²) < 4.78 is 0. The molecule has 1 fully saturated rings. The number of allylic oxidation sites excluding steroid dienone is 2. The Morgan fingerprint density at radius 1 is 1.50 bits per heavy atom. The average Bonchev–Trinajstić information content (AvgIpc) is 2.22. The van der Waals surface area contributed by atoms with Crippen LogP contribution in [0.15, 0.2) is 11.6 Å². The molecule has 2 rings (SSSR count). The summed E-state index contributed by atoms with van der Waals surface area (Å²) in [6, 6.07) is 0. The summed E-state index contributed by atoms with van der Waals surface area (Å²) >= 11 is 0. The molecular formula is C7H10Al. The minimum atomic E-state index is 0. The summed E-state index contributed by atoms with van der Waals surface area (Å²) in [6.45, 7) is 0. The molecule has 2 bridgehead atoms. The van der Waals surface area contributed by atoms with Gasteiger partial charge in [-0.15, -0.1) is 0 Å². The highest BCUT2D eigenvalue weighted by atomic mass is 27.0. The van der Waals surface area contributed by atoms with Crippen LogP contribution >= 0.6 is 0 Å². The van der Waals surface area contributed by atoms with Crippen molar-refractivity contribution in [1.82, 2.24) is 0 Å². The molecule has 2 aliphatic rings. The molecule has 0 nitrogen and oxygen atoms in total. The van der Waals surface area contributed by atoms with Crippen LogP contribution in [0.1, 0.15) is 25.7 Å². The van der Waals surface area contributed by atoms with Crippen LogP contribution in [0.5, 0.6) is 0 Å². The smallest absolute Gasteiger partial charge is 0 e. The molecule has 0 aromatic heterocycles. The Balaban J connectivity index is 0.000000320. The first-order chi connectivity index (χ1) is 3.45. The molecule has 0 spiro atoms. The van der Waals surface area contributed by atoms with E-state index < -0.39 is 0 Å². The lowest BCUT2D eigenvalue weighted by Crippen LogP contribution is -1.85. The second kappa shape index (κ2) is 2.25. The van der Waals surface area contributed by atoms with E-state index in [4.69, 9.17) is 0 Å². The molecule has 1 unspecified atom stereocenters. The number of rotatable bonds is 0. The van der Waals surface area contributed by atoms with Crippen molar-refractivity contribution in [3.8, 4) is 0 Å². The van der Waals surface area contributed by atoms with E-state index in [1.807, 2.05) is 0 Å². The Kier molecular flexibility index (Phi) is 1.80. The van der Waals surface area contributed by atoms with E-state index in [9.17, 15) is 0 Å². The van der Waals surface area contributed by atoms with E-state index in [1.165, 1.54) is 25.7 Å². The third-order valence-corrected chi connectivity index (χ3v) is 2.16. The summed E-state index contributed by atoms with van der Waals surface area (Å²) in [5.41, 5.74) is 1.74. The normalized spacial score (nSPS) is 32.0. The fraction of sp³-hybridized carbons (Fsp3) is 0.714. The molecule has 41 valence electrons. The lowest BCUT2D eigenvalue weighted by Gasteiger charge is -1.98. The van der Waals surface area contributed by atoms with Gasteiger partial charge >= 0.3 is 0 Å². The van der Waals surface area contributed by atoms with Crippen LogP contribution in [-0.2, 0) is 0 Å². The molecular weight excluding hydrogens is 111 g/mol. The number of hydrogen-bond acceptors (Lipinski definition) is 0. The van der Waals surface area contributed by atoms with Gasteiger partial charge in [0.15, 0.2) is 0 Å². The van der Waals surface area contributed by atoms with Crippen LogP contribution < -0.4 is 0 Å². The van der Waals surface area contributed by atoms with Crippen molar-refractivity contribution < 1.29 is 0 Å². The van der Waals surface area contributed by atoms with E-state index in [2.05, 4.69) is 6.08 Å². The van der Waals surface area contributed by atoms with Crippen molar-refractivity contribution in [1.29, 1.82) is 0 Å². The van der Waals surface area contributed by atoms with Crippen molar-refractivity contribution in [3.05, 3.63) is 11.6 Å². The van der Waals surface area contributed by atoms with E-state index in [0.717, 1.165) is 5.92 Å². The van der Waals surface area contributed by atoms with Crippen molar-refractivity contribution >= 4 is 17.4 Å². The maximum Gasteiger partial charge on any atom is 0 e. The zero-order valence-corrected chi connectivity index (χ0v) is 6.22. The summed E-state index contributed by atoms with van der Waals surface area (Å²) in [4.78, 5) is 0. The zero-order chi connectivity index (χ0) is 4.69. The van der Waals surface area contributed by atoms with Gasteiger partial charge in [-0.2, -0.15) is 0 Å². The van der Waals surface area contributed by atoms with Gasteiger partial charge in [0.2, 0.25) is 0 Å². The van der Waals surface area contributed by atoms with Crippen LogP contribution in [0.2, 0.25) is 0 Å². The quantitative estimate of drug-likeness (QED) is 0.338. The summed E-state index contributed by atoms with van der Waals surface area (Å²) in [6.07, 6.45) is 8.18. The first-order valence-corrected chi connectivity index (χ1v) is 3.13. The predicted octanol–water partition coefficient (Wildman–Crippen LogP) is 1.74. The minimum absolute atomic E-state index is 0. The average molecular weight is 121 g/mol. The Morgan fingerprint density at radius 3 is 2.50 bits per heavy atom.